The third-order valence-corrected chi connectivity index (χ3v) is 12.6. The Hall–Kier alpha value is -3.09. The Morgan fingerprint density at radius 1 is 0.525 bits per heavy atom. The Morgan fingerprint density at radius 2 is 0.925 bits per heavy atom. The lowest BCUT2D eigenvalue weighted by Crippen LogP contribution is -2.33. The Bertz CT molecular complexity index is 1190. The van der Waals surface area contributed by atoms with Gasteiger partial charge in [-0.25, -0.2) is 0 Å². The minimum absolute atomic E-state index is 0.0165. The largest absolute Gasteiger partial charge is 0.290 e. The number of ketones is 2. The summed E-state index contributed by atoms with van der Waals surface area (Å²) >= 11 is 0. The Balaban J connectivity index is 1.28. The Kier molecular flexibility index (Phi) is 11.2. The van der Waals surface area contributed by atoms with Gasteiger partial charge >= 0.3 is 0 Å². The summed E-state index contributed by atoms with van der Waals surface area (Å²) in [6, 6.07) is 33.5. The first-order valence-electron chi connectivity index (χ1n) is 15.1. The van der Waals surface area contributed by atoms with E-state index in [1.165, 1.54) is 72.8 Å². The molecule has 0 saturated heterocycles. The van der Waals surface area contributed by atoms with Crippen LogP contribution in [0.5, 0.6) is 0 Å². The Labute approximate surface area is 242 Å². The zero-order valence-corrected chi connectivity index (χ0v) is 25.1. The highest BCUT2D eigenvalue weighted by atomic mass is 31.2. The number of carbonyl (C=O) groups excluding carboxylic acids is 2. The summed E-state index contributed by atoms with van der Waals surface area (Å²) in [6.07, 6.45) is 14.3. The number of benzene rings is 3. The van der Waals surface area contributed by atoms with Crippen LogP contribution in [0.4, 0.5) is 0 Å². The van der Waals surface area contributed by atoms with Crippen LogP contribution in [-0.2, 0) is 9.59 Å². The molecule has 3 aromatic rings. The van der Waals surface area contributed by atoms with Gasteiger partial charge in [0, 0.05) is 11.1 Å². The summed E-state index contributed by atoms with van der Waals surface area (Å²) in [4.78, 5) is 24.6. The molecule has 0 radical (unpaired) electrons. The van der Waals surface area contributed by atoms with Crippen LogP contribution in [0.1, 0.15) is 71.6 Å². The summed E-state index contributed by atoms with van der Waals surface area (Å²) in [5.41, 5.74) is 1.48. The SMILES string of the molecule is CC(C)C1=C(CCCCCCCCCC[P+](c2ccccc2)(c2ccccc2)c2ccccc2)C(=O)C=CC1=O. The molecular formula is C37H44O2P+. The first kappa shape index (κ1) is 29.9. The molecule has 1 aliphatic carbocycles. The zero-order valence-electron chi connectivity index (χ0n) is 24.2. The maximum atomic E-state index is 12.4. The molecule has 0 aromatic heterocycles. The molecule has 0 saturated carbocycles. The molecule has 3 heteroatoms. The molecule has 208 valence electrons. The van der Waals surface area contributed by atoms with Gasteiger partial charge in [-0.2, -0.15) is 0 Å². The molecule has 0 spiro atoms. The molecule has 40 heavy (non-hydrogen) atoms. The van der Waals surface area contributed by atoms with Crippen molar-refractivity contribution < 1.29 is 9.59 Å². The third-order valence-electron chi connectivity index (χ3n) is 8.11. The quantitative estimate of drug-likeness (QED) is 0.109. The summed E-state index contributed by atoms with van der Waals surface area (Å²) in [5, 5.41) is 4.41. The molecule has 0 fully saturated rings. The molecule has 1 aliphatic rings. The second kappa shape index (κ2) is 15.1. The fraction of sp³-hybridized carbons (Fsp3) is 0.351. The first-order valence-corrected chi connectivity index (χ1v) is 17.1. The smallest absolute Gasteiger partial charge is 0.182 e. The van der Waals surface area contributed by atoms with Crippen LogP contribution in [0, 0.1) is 5.92 Å². The van der Waals surface area contributed by atoms with E-state index in [1.54, 1.807) is 0 Å². The van der Waals surface area contributed by atoms with Crippen LogP contribution >= 0.6 is 7.26 Å². The van der Waals surface area contributed by atoms with E-state index in [1.807, 2.05) is 13.8 Å². The number of hydrogen-bond acceptors (Lipinski definition) is 2. The fourth-order valence-electron chi connectivity index (χ4n) is 6.11. The van der Waals surface area contributed by atoms with Gasteiger partial charge in [0.05, 0.1) is 6.16 Å². The van der Waals surface area contributed by atoms with Crippen molar-refractivity contribution in [3.63, 3.8) is 0 Å². The highest BCUT2D eigenvalue weighted by molar-refractivity contribution is 7.95. The lowest BCUT2D eigenvalue weighted by atomic mass is 9.85. The standard InChI is InChI=1S/C37H44O2P/c1-30(2)37-34(35(38)27-28-36(37)39)26-18-7-5-3-4-6-8-19-29-40(31-20-12-9-13-21-31,32-22-14-10-15-23-32)33-24-16-11-17-25-33/h9-17,20-25,27-28,30H,3-8,18-19,26,29H2,1-2H3/q+1. The molecule has 0 heterocycles. The van der Waals surface area contributed by atoms with Crippen LogP contribution in [0.2, 0.25) is 0 Å². The molecular weight excluding hydrogens is 507 g/mol. The van der Waals surface area contributed by atoms with Crippen molar-refractivity contribution in [2.75, 3.05) is 6.16 Å². The fourth-order valence-corrected chi connectivity index (χ4v) is 10.5. The average Bonchev–Trinajstić information content (AvgIpc) is 2.99. The second-order valence-electron chi connectivity index (χ2n) is 11.2. The van der Waals surface area contributed by atoms with E-state index in [4.69, 9.17) is 0 Å². The highest BCUT2D eigenvalue weighted by Crippen LogP contribution is 2.56. The molecule has 0 amide bonds. The van der Waals surface area contributed by atoms with Gasteiger partial charge in [-0.15, -0.1) is 0 Å². The highest BCUT2D eigenvalue weighted by Gasteiger charge is 2.44. The maximum Gasteiger partial charge on any atom is 0.182 e. The van der Waals surface area contributed by atoms with Gasteiger partial charge in [-0.3, -0.25) is 9.59 Å². The van der Waals surface area contributed by atoms with Crippen LogP contribution < -0.4 is 15.9 Å². The summed E-state index contributed by atoms with van der Waals surface area (Å²) in [6.45, 7) is 4.01. The van der Waals surface area contributed by atoms with E-state index < -0.39 is 7.26 Å². The average molecular weight is 552 g/mol. The van der Waals surface area contributed by atoms with Gasteiger partial charge in [0.1, 0.15) is 23.2 Å². The molecule has 0 N–H and O–H groups in total. The number of hydrogen-bond donors (Lipinski definition) is 0. The minimum atomic E-state index is -1.72. The molecule has 0 aliphatic heterocycles. The summed E-state index contributed by atoms with van der Waals surface area (Å²) < 4.78 is 0. The van der Waals surface area contributed by atoms with Crippen LogP contribution in [0.3, 0.4) is 0 Å². The van der Waals surface area contributed by atoms with Crippen molar-refractivity contribution in [2.24, 2.45) is 5.92 Å². The van der Waals surface area contributed by atoms with Gasteiger partial charge in [0.2, 0.25) is 0 Å². The molecule has 4 rings (SSSR count). The topological polar surface area (TPSA) is 34.1 Å². The molecule has 0 atom stereocenters. The molecule has 0 unspecified atom stereocenters. The van der Waals surface area contributed by atoms with Crippen LogP contribution in [0.15, 0.2) is 114 Å². The summed E-state index contributed by atoms with van der Waals surface area (Å²) in [5.74, 6) is 0.148. The van der Waals surface area contributed by atoms with E-state index in [2.05, 4.69) is 91.0 Å². The van der Waals surface area contributed by atoms with Crippen molar-refractivity contribution in [3.05, 3.63) is 114 Å². The van der Waals surface area contributed by atoms with Crippen LogP contribution in [-0.4, -0.2) is 17.7 Å². The zero-order chi connectivity index (χ0) is 28.2. The van der Waals surface area contributed by atoms with Gasteiger partial charge in [-0.05, 0) is 80.2 Å². The van der Waals surface area contributed by atoms with E-state index in [0.29, 0.717) is 0 Å². The van der Waals surface area contributed by atoms with Gasteiger partial charge in [0.15, 0.2) is 11.6 Å². The lowest BCUT2D eigenvalue weighted by Gasteiger charge is -2.27. The predicted molar refractivity (Wildman–Crippen MR) is 173 cm³/mol. The van der Waals surface area contributed by atoms with Gasteiger partial charge in [0.25, 0.3) is 0 Å². The minimum Gasteiger partial charge on any atom is -0.290 e. The first-order chi connectivity index (χ1) is 19.5. The van der Waals surface area contributed by atoms with Gasteiger partial charge < -0.3 is 0 Å². The molecule has 3 aromatic carbocycles. The van der Waals surface area contributed by atoms with Crippen molar-refractivity contribution in [1.29, 1.82) is 0 Å². The predicted octanol–water partition coefficient (Wildman–Crippen LogP) is 8.15. The van der Waals surface area contributed by atoms with Gasteiger partial charge in [-0.1, -0.05) is 101 Å². The van der Waals surface area contributed by atoms with Crippen molar-refractivity contribution in [3.8, 4) is 0 Å². The summed E-state index contributed by atoms with van der Waals surface area (Å²) in [7, 11) is -1.72. The Morgan fingerprint density at radius 3 is 1.38 bits per heavy atom. The number of carbonyl (C=O) groups is 2. The third kappa shape index (κ3) is 7.35. The molecule has 0 bridgehead atoms. The normalized spacial score (nSPS) is 13.9. The lowest BCUT2D eigenvalue weighted by molar-refractivity contribution is -0.115. The van der Waals surface area contributed by atoms with E-state index in [0.717, 1.165) is 30.4 Å². The number of unbranched alkanes of at least 4 members (excludes halogenated alkanes) is 7. The van der Waals surface area contributed by atoms with E-state index in [9.17, 15) is 9.59 Å². The van der Waals surface area contributed by atoms with E-state index >= 15 is 0 Å². The monoisotopic (exact) mass is 551 g/mol. The number of allylic oxidation sites excluding steroid dienone is 4. The number of rotatable bonds is 15. The van der Waals surface area contributed by atoms with Crippen molar-refractivity contribution in [2.45, 2.75) is 71.6 Å². The van der Waals surface area contributed by atoms with Crippen molar-refractivity contribution >= 4 is 34.7 Å². The van der Waals surface area contributed by atoms with Crippen molar-refractivity contribution in [1.82, 2.24) is 0 Å². The van der Waals surface area contributed by atoms with E-state index in [-0.39, 0.29) is 17.5 Å². The maximum absolute atomic E-state index is 12.4. The molecule has 2 nitrogen and oxygen atoms in total. The van der Waals surface area contributed by atoms with Crippen LogP contribution in [0.25, 0.3) is 0 Å². The second-order valence-corrected chi connectivity index (χ2v) is 14.8.